The van der Waals surface area contributed by atoms with Crippen LogP contribution in [0.1, 0.15) is 65.2 Å². The molecule has 0 aromatic heterocycles. The van der Waals surface area contributed by atoms with Crippen molar-refractivity contribution in [3.05, 3.63) is 14.9 Å². The van der Waals surface area contributed by atoms with E-state index in [2.05, 4.69) is 13.2 Å². The third-order valence-electron chi connectivity index (χ3n) is 8.16. The number of carboxylic acids is 2. The van der Waals surface area contributed by atoms with E-state index in [9.17, 15) is 24.6 Å². The second-order valence-electron chi connectivity index (χ2n) is 9.12. The molecule has 3 aliphatic carbocycles. The molecule has 0 aliphatic heterocycles. The van der Waals surface area contributed by atoms with E-state index in [4.69, 9.17) is 0 Å². The van der Waals surface area contributed by atoms with E-state index in [-0.39, 0.29) is 71.9 Å². The summed E-state index contributed by atoms with van der Waals surface area (Å²) >= 11 is 0. The van der Waals surface area contributed by atoms with Crippen molar-refractivity contribution in [2.75, 3.05) is 0 Å². The van der Waals surface area contributed by atoms with Crippen molar-refractivity contribution in [3.63, 3.8) is 0 Å². The summed E-state index contributed by atoms with van der Waals surface area (Å²) in [5.74, 6) is -0.662. The van der Waals surface area contributed by atoms with E-state index in [1.807, 2.05) is 6.92 Å². The van der Waals surface area contributed by atoms with Gasteiger partial charge in [-0.1, -0.05) is 32.1 Å². The van der Waals surface area contributed by atoms with Crippen LogP contribution in [0.3, 0.4) is 0 Å². The van der Waals surface area contributed by atoms with E-state index in [0.717, 1.165) is 38.5 Å². The first kappa shape index (κ1) is 27.3. The van der Waals surface area contributed by atoms with E-state index in [0.29, 0.717) is 11.8 Å². The zero-order valence-corrected chi connectivity index (χ0v) is 19.6. The Hall–Kier alpha value is -0.702. The van der Waals surface area contributed by atoms with Gasteiger partial charge in [0.25, 0.3) is 0 Å². The average molecular weight is 475 g/mol. The van der Waals surface area contributed by atoms with Crippen LogP contribution in [0.2, 0.25) is 0 Å². The van der Waals surface area contributed by atoms with Gasteiger partial charge in [0, 0.05) is 6.42 Å². The molecule has 0 aromatic carbocycles. The number of rotatable bonds is 5. The molecule has 0 saturated heterocycles. The monoisotopic (exact) mass is 477 g/mol. The minimum Gasteiger partial charge on any atom is -0.541 e. The van der Waals surface area contributed by atoms with Gasteiger partial charge in [0.15, 0.2) is 0 Å². The van der Waals surface area contributed by atoms with Crippen molar-refractivity contribution >= 4 is 18.2 Å². The molecule has 6 heteroatoms. The number of fused-ring (bicyclic) bond motifs is 3. The quantitative estimate of drug-likeness (QED) is 0.454. The molecule has 159 valence electrons. The number of carbonyl (C=O) groups is 2. The maximum absolute atomic E-state index is 11.6. The molecular weight excluding hydrogens is 440 g/mol. The van der Waals surface area contributed by atoms with Gasteiger partial charge in [0.05, 0.1) is 6.42 Å². The summed E-state index contributed by atoms with van der Waals surface area (Å²) in [6, 6.07) is 0. The maximum atomic E-state index is 11.6. The van der Waals surface area contributed by atoms with Gasteiger partial charge in [-0.3, -0.25) is 15.9 Å². The summed E-state index contributed by atoms with van der Waals surface area (Å²) in [5.41, 5.74) is -0.482. The molecule has 3 fully saturated rings. The third kappa shape index (κ3) is 4.39. The fraction of sp³-hybridized carbons (Fsp3) is 0.773. The Morgan fingerprint density at radius 2 is 1.61 bits per heavy atom. The van der Waals surface area contributed by atoms with E-state index >= 15 is 0 Å². The maximum Gasteiger partial charge on any atom is 3.00 e. The smallest absolute Gasteiger partial charge is 0.541 e. The van der Waals surface area contributed by atoms with Crippen molar-refractivity contribution in [1.82, 2.24) is 0 Å². The molecule has 0 bridgehead atoms. The van der Waals surface area contributed by atoms with Crippen molar-refractivity contribution in [3.8, 4) is 0 Å². The van der Waals surface area contributed by atoms with Crippen molar-refractivity contribution in [1.29, 1.82) is 0 Å². The van der Waals surface area contributed by atoms with Crippen LogP contribution in [-0.4, -0.2) is 28.4 Å². The Bertz CT molecular complexity index is 579. The zero-order chi connectivity index (χ0) is 18.4. The Balaban J connectivity index is 0.00000243. The van der Waals surface area contributed by atoms with Crippen LogP contribution in [0.15, 0.2) is 0 Å². The van der Waals surface area contributed by atoms with Crippen LogP contribution >= 0.6 is 0 Å². The van der Waals surface area contributed by atoms with Gasteiger partial charge in [-0.2, -0.15) is 0 Å². The van der Waals surface area contributed by atoms with Gasteiger partial charge in [0.2, 0.25) is 0 Å². The van der Waals surface area contributed by atoms with Crippen LogP contribution in [0.25, 0.3) is 0 Å². The minimum absolute atomic E-state index is 0. The summed E-state index contributed by atoms with van der Waals surface area (Å²) in [6.07, 6.45) is 7.83. The van der Waals surface area contributed by atoms with E-state index < -0.39 is 17.4 Å². The molecular formula is C22H35MoO5. The summed E-state index contributed by atoms with van der Waals surface area (Å²) in [6.45, 7) is 4.22. The first-order chi connectivity index (χ1) is 11.7. The van der Waals surface area contributed by atoms with Gasteiger partial charge >= 0.3 is 33.0 Å². The number of aliphatic carboxylic acids is 2. The fourth-order valence-electron chi connectivity index (χ4n) is 6.88. The van der Waals surface area contributed by atoms with Crippen LogP contribution in [-0.2, 0) is 35.4 Å². The Morgan fingerprint density at radius 3 is 2.14 bits per heavy atom. The van der Waals surface area contributed by atoms with Crippen LogP contribution in [0.5, 0.6) is 0 Å². The largest absolute Gasteiger partial charge is 3.00 e. The third-order valence-corrected chi connectivity index (χ3v) is 8.16. The molecule has 2 N–H and O–H groups in total. The predicted octanol–water partition coefficient (Wildman–Crippen LogP) is 4.42. The molecule has 3 saturated carbocycles. The minimum atomic E-state index is -0.836. The molecule has 0 heterocycles. The molecule has 4 unspecified atom stereocenters. The Labute approximate surface area is 184 Å². The summed E-state index contributed by atoms with van der Waals surface area (Å²) in [5, 5.41) is 18.8. The molecule has 1 radical (unpaired) electrons. The Kier molecular flexibility index (Phi) is 9.62. The van der Waals surface area contributed by atoms with Crippen molar-refractivity contribution < 1.29 is 45.7 Å². The molecule has 3 aliphatic rings. The first-order valence-electron chi connectivity index (χ1n) is 9.53. The van der Waals surface area contributed by atoms with Gasteiger partial charge in [-0.05, 0) is 54.8 Å². The number of hydrogen-bond donors (Lipinski definition) is 2. The zero-order valence-electron chi connectivity index (χ0n) is 17.6. The normalized spacial score (nSPS) is 41.1. The van der Waals surface area contributed by atoms with Crippen molar-refractivity contribution in [2.45, 2.75) is 65.2 Å². The molecule has 0 spiro atoms. The average Bonchev–Trinajstić information content (AvgIpc) is 2.85. The van der Waals surface area contributed by atoms with Gasteiger partial charge in [-0.25, -0.2) is 0 Å². The van der Waals surface area contributed by atoms with Gasteiger partial charge in [-0.15, -0.1) is 5.92 Å². The van der Waals surface area contributed by atoms with E-state index in [1.54, 1.807) is 0 Å². The summed E-state index contributed by atoms with van der Waals surface area (Å²) in [7, 11) is 0. The summed E-state index contributed by atoms with van der Waals surface area (Å²) in [4.78, 5) is 34.3. The molecule has 28 heavy (non-hydrogen) atoms. The fourth-order valence-corrected chi connectivity index (χ4v) is 6.88. The number of hydrogen-bond acceptors (Lipinski definition) is 3. The van der Waals surface area contributed by atoms with Gasteiger partial charge in [0.1, 0.15) is 0 Å². The number of carboxylic acid groups (broad SMARTS) is 2. The topological polar surface area (TPSA) is 91.7 Å². The molecule has 0 amide bonds. The molecule has 0 aromatic rings. The predicted molar refractivity (Wildman–Crippen MR) is 104 cm³/mol. The second kappa shape index (κ2) is 9.87. The van der Waals surface area contributed by atoms with Crippen molar-refractivity contribution in [2.24, 2.45) is 40.4 Å². The van der Waals surface area contributed by atoms with Crippen LogP contribution in [0.4, 0.5) is 0 Å². The molecule has 7 atom stereocenters. The van der Waals surface area contributed by atoms with Crippen LogP contribution < -0.4 is 0 Å². The van der Waals surface area contributed by atoms with E-state index in [1.165, 1.54) is 0 Å². The number of carbonyl (C=O) groups excluding carboxylic acids is 1. The Morgan fingerprint density at radius 1 is 0.964 bits per heavy atom. The second-order valence-corrected chi connectivity index (χ2v) is 9.12. The summed E-state index contributed by atoms with van der Waals surface area (Å²) < 4.78 is 0. The van der Waals surface area contributed by atoms with Crippen LogP contribution in [0, 0.1) is 55.3 Å². The molecule has 3 rings (SSSR count). The van der Waals surface area contributed by atoms with Gasteiger partial charge < -0.3 is 29.9 Å². The first-order valence-corrected chi connectivity index (χ1v) is 9.53. The molecule has 5 nitrogen and oxygen atoms in total. The SMILES string of the molecule is C[C@]1(CC(=O)O)C(CC(=O)O)CCC2C1CC[C@@]1(C)C2CC[C@@H]1[C-]=O.[CH3-].[CH3-].[Mo+3]. The standard InChI is InChI=1S/C20H29O5.2CH3.Mo/c1-19-8-7-16-14(15(19)6-4-13(19)11-21)5-3-12(9-17(22)23)20(16,2)10-18(24)25;;;/h12-16H,3-10H2,1-2H3,(H,22,23)(H,24,25);2*1H3;/q3*-1;+3/t12?,13-,14?,15?,16?,19-,20+;;;/m1.../s1.